The number of piperidine rings is 1. The van der Waals surface area contributed by atoms with E-state index in [2.05, 4.69) is 44.6 Å². The predicted molar refractivity (Wildman–Crippen MR) is 101 cm³/mol. The molecule has 8 heteroatoms. The lowest BCUT2D eigenvalue weighted by molar-refractivity contribution is -0.136. The highest BCUT2D eigenvalue weighted by atomic mass is 16.2. The minimum Gasteiger partial charge on any atom is -0.355 e. The molecule has 0 radical (unpaired) electrons. The summed E-state index contributed by atoms with van der Waals surface area (Å²) in [5.41, 5.74) is 1.78. The van der Waals surface area contributed by atoms with Crippen LogP contribution in [-0.4, -0.2) is 56.2 Å². The minimum absolute atomic E-state index is 0.0502. The van der Waals surface area contributed by atoms with Crippen molar-refractivity contribution in [3.05, 3.63) is 48.0 Å². The molecule has 1 atom stereocenters. The molecule has 8 nitrogen and oxygen atoms in total. The van der Waals surface area contributed by atoms with Gasteiger partial charge in [-0.25, -0.2) is 0 Å². The Bertz CT molecular complexity index is 918. The van der Waals surface area contributed by atoms with Gasteiger partial charge in [-0.2, -0.15) is 0 Å². The third kappa shape index (κ3) is 3.47. The molecule has 1 aliphatic rings. The van der Waals surface area contributed by atoms with Gasteiger partial charge >= 0.3 is 0 Å². The number of amides is 1. The highest BCUT2D eigenvalue weighted by molar-refractivity contribution is 5.79. The summed E-state index contributed by atoms with van der Waals surface area (Å²) in [4.78, 5) is 17.0. The van der Waals surface area contributed by atoms with Gasteiger partial charge in [0, 0.05) is 26.1 Å². The zero-order chi connectivity index (χ0) is 18.8. The molecule has 1 aromatic carbocycles. The lowest BCUT2D eigenvalue weighted by Gasteiger charge is -2.35. The van der Waals surface area contributed by atoms with E-state index >= 15 is 0 Å². The van der Waals surface area contributed by atoms with Crippen LogP contribution >= 0.6 is 0 Å². The van der Waals surface area contributed by atoms with Crippen molar-refractivity contribution >= 4 is 17.4 Å². The van der Waals surface area contributed by atoms with Gasteiger partial charge in [-0.3, -0.25) is 4.79 Å². The molecule has 27 heavy (non-hydrogen) atoms. The lowest BCUT2D eigenvalue weighted by atomic mass is 9.94. The standard InChI is InChI=1S/C19H23N7O/c1-14(15-6-4-3-5-7-15)24(2)19(27)16-10-12-25(13-11-16)18-9-8-17-20-22-23-26(17)21-18/h3-9,14,16H,10-13H2,1-2H3. The summed E-state index contributed by atoms with van der Waals surface area (Å²) in [6.45, 7) is 3.67. The SMILES string of the molecule is CC(c1ccccc1)N(C)C(=O)C1CCN(c2ccc3nnnn3n2)CC1. The van der Waals surface area contributed by atoms with Gasteiger partial charge in [-0.15, -0.1) is 14.8 Å². The topological polar surface area (TPSA) is 79.5 Å². The monoisotopic (exact) mass is 365 g/mol. The largest absolute Gasteiger partial charge is 0.355 e. The van der Waals surface area contributed by atoms with E-state index in [1.165, 1.54) is 4.63 Å². The molecular formula is C19H23N7O. The number of aromatic nitrogens is 5. The van der Waals surface area contributed by atoms with Gasteiger partial charge < -0.3 is 9.80 Å². The third-order valence-corrected chi connectivity index (χ3v) is 5.43. The minimum atomic E-state index is 0.0502. The number of rotatable bonds is 4. The van der Waals surface area contributed by atoms with Crippen molar-refractivity contribution in [3.8, 4) is 0 Å². The van der Waals surface area contributed by atoms with Gasteiger partial charge in [0.15, 0.2) is 11.5 Å². The number of hydrogen-bond donors (Lipinski definition) is 0. The Morgan fingerprint density at radius 3 is 2.63 bits per heavy atom. The van der Waals surface area contributed by atoms with Crippen molar-refractivity contribution in [1.29, 1.82) is 0 Å². The number of fused-ring (bicyclic) bond motifs is 1. The van der Waals surface area contributed by atoms with E-state index in [0.29, 0.717) is 5.65 Å². The summed E-state index contributed by atoms with van der Waals surface area (Å²) < 4.78 is 1.43. The first-order chi connectivity index (χ1) is 13.1. The number of benzene rings is 1. The van der Waals surface area contributed by atoms with Gasteiger partial charge in [0.05, 0.1) is 6.04 Å². The normalized spacial score (nSPS) is 16.4. The number of anilines is 1. The molecule has 0 saturated carbocycles. The van der Waals surface area contributed by atoms with Crippen LogP contribution in [-0.2, 0) is 4.79 Å². The maximum atomic E-state index is 13.0. The molecule has 0 spiro atoms. The molecule has 1 amide bonds. The molecule has 140 valence electrons. The van der Waals surface area contributed by atoms with Crippen LogP contribution in [0.2, 0.25) is 0 Å². The van der Waals surface area contributed by atoms with E-state index in [4.69, 9.17) is 0 Å². The lowest BCUT2D eigenvalue weighted by Crippen LogP contribution is -2.42. The molecule has 0 aliphatic carbocycles. The first-order valence-electron chi connectivity index (χ1n) is 9.25. The van der Waals surface area contributed by atoms with Crippen molar-refractivity contribution in [2.24, 2.45) is 5.92 Å². The van der Waals surface area contributed by atoms with Crippen LogP contribution in [0.3, 0.4) is 0 Å². The van der Waals surface area contributed by atoms with Crippen LogP contribution in [0.1, 0.15) is 31.4 Å². The zero-order valence-electron chi connectivity index (χ0n) is 15.6. The fourth-order valence-corrected chi connectivity index (χ4v) is 3.60. The van der Waals surface area contributed by atoms with Crippen LogP contribution in [0.25, 0.3) is 5.65 Å². The van der Waals surface area contributed by atoms with Gasteiger partial charge in [-0.1, -0.05) is 30.3 Å². The molecule has 1 aliphatic heterocycles. The van der Waals surface area contributed by atoms with Crippen molar-refractivity contribution < 1.29 is 4.79 Å². The quantitative estimate of drug-likeness (QED) is 0.703. The van der Waals surface area contributed by atoms with Gasteiger partial charge in [0.1, 0.15) is 0 Å². The number of nitrogens with zero attached hydrogens (tertiary/aromatic N) is 7. The highest BCUT2D eigenvalue weighted by Gasteiger charge is 2.30. The molecule has 4 rings (SSSR count). The Hall–Kier alpha value is -3.03. The predicted octanol–water partition coefficient (Wildman–Crippen LogP) is 1.96. The summed E-state index contributed by atoms with van der Waals surface area (Å²) >= 11 is 0. The number of carbonyl (C=O) groups excluding carboxylic acids is 1. The summed E-state index contributed by atoms with van der Waals surface area (Å²) in [7, 11) is 1.90. The average Bonchev–Trinajstić information content (AvgIpc) is 3.21. The van der Waals surface area contributed by atoms with Crippen LogP contribution in [0.15, 0.2) is 42.5 Å². The second kappa shape index (κ2) is 7.30. The summed E-state index contributed by atoms with van der Waals surface area (Å²) in [5, 5.41) is 15.8. The molecule has 1 saturated heterocycles. The summed E-state index contributed by atoms with van der Waals surface area (Å²) in [6.07, 6.45) is 1.64. The fourth-order valence-electron chi connectivity index (χ4n) is 3.60. The zero-order valence-corrected chi connectivity index (χ0v) is 15.6. The van der Waals surface area contributed by atoms with Gasteiger partial charge in [-0.05, 0) is 47.9 Å². The molecule has 1 fully saturated rings. The third-order valence-electron chi connectivity index (χ3n) is 5.43. The summed E-state index contributed by atoms with van der Waals surface area (Å²) in [6, 6.07) is 14.0. The molecule has 3 heterocycles. The molecule has 3 aromatic rings. The van der Waals surface area contributed by atoms with E-state index in [0.717, 1.165) is 37.3 Å². The van der Waals surface area contributed by atoms with Crippen LogP contribution in [0, 0.1) is 5.92 Å². The van der Waals surface area contributed by atoms with Gasteiger partial charge in [0.25, 0.3) is 0 Å². The average molecular weight is 365 g/mol. The Morgan fingerprint density at radius 1 is 1.15 bits per heavy atom. The Morgan fingerprint density at radius 2 is 1.89 bits per heavy atom. The number of hydrogen-bond acceptors (Lipinski definition) is 6. The van der Waals surface area contributed by atoms with Crippen LogP contribution in [0.5, 0.6) is 0 Å². The van der Waals surface area contributed by atoms with Crippen molar-refractivity contribution in [2.75, 3.05) is 25.0 Å². The van der Waals surface area contributed by atoms with Crippen molar-refractivity contribution in [2.45, 2.75) is 25.8 Å². The first kappa shape index (κ1) is 17.4. The highest BCUT2D eigenvalue weighted by Crippen LogP contribution is 2.26. The number of carbonyl (C=O) groups is 1. The van der Waals surface area contributed by atoms with E-state index < -0.39 is 0 Å². The Balaban J connectivity index is 1.38. The van der Waals surface area contributed by atoms with E-state index in [1.807, 2.05) is 42.3 Å². The Labute approximate surface area is 157 Å². The van der Waals surface area contributed by atoms with Gasteiger partial charge in [0.2, 0.25) is 5.91 Å². The van der Waals surface area contributed by atoms with Crippen LogP contribution < -0.4 is 4.90 Å². The van der Waals surface area contributed by atoms with E-state index in [1.54, 1.807) is 0 Å². The smallest absolute Gasteiger partial charge is 0.226 e. The van der Waals surface area contributed by atoms with Crippen molar-refractivity contribution in [1.82, 2.24) is 30.2 Å². The molecule has 2 aromatic heterocycles. The van der Waals surface area contributed by atoms with Crippen LogP contribution in [0.4, 0.5) is 5.82 Å². The fraction of sp³-hybridized carbons (Fsp3) is 0.421. The second-order valence-electron chi connectivity index (χ2n) is 7.02. The van der Waals surface area contributed by atoms with Crippen molar-refractivity contribution in [3.63, 3.8) is 0 Å². The maximum Gasteiger partial charge on any atom is 0.226 e. The molecule has 0 N–H and O–H groups in total. The first-order valence-corrected chi connectivity index (χ1v) is 9.25. The number of tetrazole rings is 1. The maximum absolute atomic E-state index is 13.0. The second-order valence-corrected chi connectivity index (χ2v) is 7.02. The van der Waals surface area contributed by atoms with E-state index in [9.17, 15) is 4.79 Å². The summed E-state index contributed by atoms with van der Waals surface area (Å²) in [5.74, 6) is 1.11. The molecule has 0 bridgehead atoms. The molecular weight excluding hydrogens is 342 g/mol. The van der Waals surface area contributed by atoms with E-state index in [-0.39, 0.29) is 17.9 Å². The molecule has 1 unspecified atom stereocenters. The Kier molecular flexibility index (Phi) is 4.70.